The largest absolute Gasteiger partial charge is 0.494 e. The van der Waals surface area contributed by atoms with E-state index in [0.717, 1.165) is 11.3 Å². The number of aryl methyl sites for hydroxylation is 1. The van der Waals surface area contributed by atoms with E-state index >= 15 is 0 Å². The number of fused-ring (bicyclic) bond motifs is 1. The standard InChI is InChI=1S/C26H25FN2O4/c1-18-4-2-5-22(14-18)32-13-3-12-29-23-16-21(10-11-24(23)33-17-26(29)31)28-25(30)15-19-6-8-20(27)9-7-19/h2,4-11,14,16H,3,12-13,15,17H2,1H3,(H,28,30). The molecule has 0 fully saturated rings. The molecule has 0 saturated carbocycles. The molecule has 33 heavy (non-hydrogen) atoms. The van der Waals surface area contributed by atoms with Crippen molar-refractivity contribution in [3.8, 4) is 11.5 Å². The molecule has 6 nitrogen and oxygen atoms in total. The highest BCUT2D eigenvalue weighted by Crippen LogP contribution is 2.34. The molecule has 1 heterocycles. The number of nitrogens with one attached hydrogen (secondary N) is 1. The van der Waals surface area contributed by atoms with E-state index in [4.69, 9.17) is 9.47 Å². The minimum absolute atomic E-state index is 0.0258. The van der Waals surface area contributed by atoms with Crippen molar-refractivity contribution >= 4 is 23.2 Å². The molecule has 170 valence electrons. The highest BCUT2D eigenvalue weighted by molar-refractivity contribution is 5.99. The first kappa shape index (κ1) is 22.3. The summed E-state index contributed by atoms with van der Waals surface area (Å²) in [6.07, 6.45) is 0.757. The van der Waals surface area contributed by atoms with Crippen LogP contribution < -0.4 is 19.7 Å². The van der Waals surface area contributed by atoms with E-state index in [2.05, 4.69) is 5.32 Å². The first-order chi connectivity index (χ1) is 16.0. The Balaban J connectivity index is 1.38. The zero-order valence-corrected chi connectivity index (χ0v) is 18.3. The van der Waals surface area contributed by atoms with Crippen LogP contribution in [-0.2, 0) is 16.0 Å². The van der Waals surface area contributed by atoms with Crippen LogP contribution in [0.15, 0.2) is 66.7 Å². The van der Waals surface area contributed by atoms with Crippen molar-refractivity contribution in [3.63, 3.8) is 0 Å². The van der Waals surface area contributed by atoms with Crippen molar-refractivity contribution in [2.45, 2.75) is 19.8 Å². The van der Waals surface area contributed by atoms with Crippen LogP contribution in [0, 0.1) is 12.7 Å². The van der Waals surface area contributed by atoms with Crippen molar-refractivity contribution in [2.24, 2.45) is 0 Å². The monoisotopic (exact) mass is 448 g/mol. The summed E-state index contributed by atoms with van der Waals surface area (Å²) in [5, 5.41) is 2.83. The zero-order valence-electron chi connectivity index (χ0n) is 18.3. The number of nitrogens with zero attached hydrogens (tertiary/aromatic N) is 1. The van der Waals surface area contributed by atoms with Gasteiger partial charge < -0.3 is 19.7 Å². The summed E-state index contributed by atoms with van der Waals surface area (Å²) in [7, 11) is 0. The molecule has 0 unspecified atom stereocenters. The molecule has 0 saturated heterocycles. The van der Waals surface area contributed by atoms with E-state index in [1.54, 1.807) is 35.2 Å². The average molecular weight is 448 g/mol. The van der Waals surface area contributed by atoms with Crippen LogP contribution in [0.25, 0.3) is 0 Å². The molecule has 1 N–H and O–H groups in total. The third-order valence-corrected chi connectivity index (χ3v) is 5.25. The molecule has 2 amide bonds. The van der Waals surface area contributed by atoms with Gasteiger partial charge in [0.2, 0.25) is 5.91 Å². The molecular formula is C26H25FN2O4. The van der Waals surface area contributed by atoms with Crippen LogP contribution >= 0.6 is 0 Å². The van der Waals surface area contributed by atoms with Gasteiger partial charge in [-0.2, -0.15) is 0 Å². The molecule has 3 aromatic carbocycles. The average Bonchev–Trinajstić information content (AvgIpc) is 2.79. The normalized spacial score (nSPS) is 12.7. The van der Waals surface area contributed by atoms with E-state index in [1.165, 1.54) is 12.1 Å². The number of hydrogen-bond donors (Lipinski definition) is 1. The van der Waals surface area contributed by atoms with Gasteiger partial charge in [0.1, 0.15) is 17.3 Å². The maximum Gasteiger partial charge on any atom is 0.265 e. The van der Waals surface area contributed by atoms with E-state index < -0.39 is 0 Å². The number of ether oxygens (including phenoxy) is 2. The molecule has 3 aromatic rings. The van der Waals surface area contributed by atoms with E-state index in [0.29, 0.717) is 42.3 Å². The van der Waals surface area contributed by atoms with Gasteiger partial charge in [-0.05, 0) is 66.9 Å². The fourth-order valence-corrected chi connectivity index (χ4v) is 3.64. The van der Waals surface area contributed by atoms with Crippen LogP contribution in [0.4, 0.5) is 15.8 Å². The Morgan fingerprint density at radius 1 is 1.12 bits per heavy atom. The Hall–Kier alpha value is -3.87. The van der Waals surface area contributed by atoms with Gasteiger partial charge >= 0.3 is 0 Å². The summed E-state index contributed by atoms with van der Waals surface area (Å²) in [4.78, 5) is 26.6. The highest BCUT2D eigenvalue weighted by atomic mass is 19.1. The molecule has 0 aromatic heterocycles. The summed E-state index contributed by atoms with van der Waals surface area (Å²) in [6, 6.07) is 18.8. The maximum atomic E-state index is 13.1. The number of carbonyl (C=O) groups excluding carboxylic acids is 2. The number of amides is 2. The van der Waals surface area contributed by atoms with Gasteiger partial charge in [0.15, 0.2) is 6.61 Å². The predicted octanol–water partition coefficient (Wildman–Crippen LogP) is 4.51. The number of hydrogen-bond acceptors (Lipinski definition) is 4. The second-order valence-corrected chi connectivity index (χ2v) is 7.89. The van der Waals surface area contributed by atoms with E-state index in [9.17, 15) is 14.0 Å². The van der Waals surface area contributed by atoms with Gasteiger partial charge in [0.05, 0.1) is 18.7 Å². The molecule has 7 heteroatoms. The summed E-state index contributed by atoms with van der Waals surface area (Å²) < 4.78 is 24.4. The number of benzene rings is 3. The third kappa shape index (κ3) is 5.88. The fourth-order valence-electron chi connectivity index (χ4n) is 3.64. The summed E-state index contributed by atoms with van der Waals surface area (Å²) >= 11 is 0. The highest BCUT2D eigenvalue weighted by Gasteiger charge is 2.25. The third-order valence-electron chi connectivity index (χ3n) is 5.25. The van der Waals surface area contributed by atoms with Gasteiger partial charge in [-0.15, -0.1) is 0 Å². The lowest BCUT2D eigenvalue weighted by Crippen LogP contribution is -2.39. The second kappa shape index (κ2) is 10.2. The van der Waals surface area contributed by atoms with Crippen LogP contribution in [0.5, 0.6) is 11.5 Å². The lowest BCUT2D eigenvalue weighted by Gasteiger charge is -2.30. The van der Waals surface area contributed by atoms with E-state index in [-0.39, 0.29) is 30.7 Å². The maximum absolute atomic E-state index is 13.1. The Labute approximate surface area is 191 Å². The number of anilines is 2. The van der Waals surface area contributed by atoms with Crippen LogP contribution in [0.1, 0.15) is 17.5 Å². The van der Waals surface area contributed by atoms with Gasteiger partial charge in [-0.25, -0.2) is 4.39 Å². The van der Waals surface area contributed by atoms with Gasteiger partial charge in [-0.1, -0.05) is 24.3 Å². The lowest BCUT2D eigenvalue weighted by atomic mass is 10.1. The predicted molar refractivity (Wildman–Crippen MR) is 124 cm³/mol. The SMILES string of the molecule is Cc1cccc(OCCCN2C(=O)COc3ccc(NC(=O)Cc4ccc(F)cc4)cc32)c1. The van der Waals surface area contributed by atoms with Gasteiger partial charge in [-0.3, -0.25) is 9.59 Å². The number of carbonyl (C=O) groups is 2. The van der Waals surface area contributed by atoms with Crippen LogP contribution in [-0.4, -0.2) is 31.6 Å². The molecule has 0 spiro atoms. The van der Waals surface area contributed by atoms with Crippen molar-refractivity contribution in [2.75, 3.05) is 30.0 Å². The minimum Gasteiger partial charge on any atom is -0.494 e. The fraction of sp³-hybridized carbons (Fsp3) is 0.231. The lowest BCUT2D eigenvalue weighted by molar-refractivity contribution is -0.121. The van der Waals surface area contributed by atoms with Crippen molar-refractivity contribution in [1.82, 2.24) is 0 Å². The number of halogens is 1. The second-order valence-electron chi connectivity index (χ2n) is 7.89. The quantitative estimate of drug-likeness (QED) is 0.515. The molecule has 1 aliphatic rings. The summed E-state index contributed by atoms with van der Waals surface area (Å²) in [5.41, 5.74) is 3.00. The molecule has 4 rings (SSSR count). The Morgan fingerprint density at radius 3 is 2.73 bits per heavy atom. The molecule has 1 aliphatic heterocycles. The first-order valence-corrected chi connectivity index (χ1v) is 10.8. The molecule has 0 bridgehead atoms. The molecular weight excluding hydrogens is 423 g/mol. The smallest absolute Gasteiger partial charge is 0.265 e. The van der Waals surface area contributed by atoms with E-state index in [1.807, 2.05) is 31.2 Å². The van der Waals surface area contributed by atoms with Crippen molar-refractivity contribution in [3.05, 3.63) is 83.7 Å². The topological polar surface area (TPSA) is 67.9 Å². The summed E-state index contributed by atoms with van der Waals surface area (Å²) in [5.74, 6) is 0.666. The van der Waals surface area contributed by atoms with Crippen molar-refractivity contribution in [1.29, 1.82) is 0 Å². The minimum atomic E-state index is -0.345. The molecule has 0 atom stereocenters. The van der Waals surface area contributed by atoms with Gasteiger partial charge in [0.25, 0.3) is 5.91 Å². The van der Waals surface area contributed by atoms with Gasteiger partial charge in [0, 0.05) is 12.2 Å². The summed E-state index contributed by atoms with van der Waals surface area (Å²) in [6.45, 7) is 2.92. The Morgan fingerprint density at radius 2 is 1.94 bits per heavy atom. The Kier molecular flexibility index (Phi) is 6.88. The molecule has 0 aliphatic carbocycles. The van der Waals surface area contributed by atoms with Crippen LogP contribution in [0.2, 0.25) is 0 Å². The molecule has 0 radical (unpaired) electrons. The Bertz CT molecular complexity index is 1150. The number of rotatable bonds is 8. The van der Waals surface area contributed by atoms with Crippen molar-refractivity contribution < 1.29 is 23.5 Å². The van der Waals surface area contributed by atoms with Crippen LogP contribution in [0.3, 0.4) is 0 Å². The first-order valence-electron chi connectivity index (χ1n) is 10.8. The zero-order chi connectivity index (χ0) is 23.2.